The average Bonchev–Trinajstić information content (AvgIpc) is 2.88. The second-order valence-electron chi connectivity index (χ2n) is 4.85. The van der Waals surface area contributed by atoms with Crippen LogP contribution in [0, 0.1) is 6.92 Å². The lowest BCUT2D eigenvalue weighted by Crippen LogP contribution is -2.13. The summed E-state index contributed by atoms with van der Waals surface area (Å²) < 4.78 is 37.8. The maximum absolute atomic E-state index is 12.6. The van der Waals surface area contributed by atoms with Crippen LogP contribution in [-0.4, -0.2) is 11.5 Å². The number of hydrogen-bond acceptors (Lipinski definition) is 3. The van der Waals surface area contributed by atoms with Crippen LogP contribution in [0.4, 0.5) is 13.2 Å². The van der Waals surface area contributed by atoms with E-state index in [-0.39, 0.29) is 0 Å². The van der Waals surface area contributed by atoms with Crippen molar-refractivity contribution in [2.75, 3.05) is 6.54 Å². The van der Waals surface area contributed by atoms with Crippen molar-refractivity contribution < 1.29 is 13.2 Å². The molecule has 0 saturated carbocycles. The molecule has 1 aromatic heterocycles. The quantitative estimate of drug-likeness (QED) is 0.813. The lowest BCUT2D eigenvalue weighted by Gasteiger charge is -2.08. The molecule has 0 fully saturated rings. The van der Waals surface area contributed by atoms with Crippen molar-refractivity contribution >= 4 is 11.3 Å². The number of alkyl halides is 3. The number of aryl methyl sites for hydroxylation is 1. The van der Waals surface area contributed by atoms with Crippen LogP contribution >= 0.6 is 11.3 Å². The Kier molecular flexibility index (Phi) is 5.00. The molecule has 2 aromatic rings. The smallest absolute Gasteiger partial charge is 0.313 e. The van der Waals surface area contributed by atoms with Gasteiger partial charge in [0.2, 0.25) is 0 Å². The summed E-state index contributed by atoms with van der Waals surface area (Å²) in [6, 6.07) is 5.81. The summed E-state index contributed by atoms with van der Waals surface area (Å²) in [5.41, 5.74) is 2.90. The standard InChI is InChI=1S/C15H17F3N2S/c1-3-6-19-8-11-4-5-12(10(2)7-11)13-9-20-14(21-13)15(16,17)18/h4-5,7,9,19H,3,6,8H2,1-2H3. The first-order valence-corrected chi connectivity index (χ1v) is 7.57. The van der Waals surface area contributed by atoms with Crippen molar-refractivity contribution in [1.82, 2.24) is 10.3 Å². The van der Waals surface area contributed by atoms with Crippen LogP contribution < -0.4 is 5.32 Å². The predicted molar refractivity (Wildman–Crippen MR) is 79.3 cm³/mol. The maximum Gasteiger partial charge on any atom is 0.443 e. The van der Waals surface area contributed by atoms with Crippen molar-refractivity contribution in [2.24, 2.45) is 0 Å². The van der Waals surface area contributed by atoms with E-state index < -0.39 is 11.2 Å². The van der Waals surface area contributed by atoms with Gasteiger partial charge in [0.1, 0.15) is 0 Å². The molecule has 1 aromatic carbocycles. The Hall–Kier alpha value is -1.40. The van der Waals surface area contributed by atoms with Gasteiger partial charge in [0, 0.05) is 12.7 Å². The van der Waals surface area contributed by atoms with Gasteiger partial charge in [-0.15, -0.1) is 11.3 Å². The molecule has 0 radical (unpaired) electrons. The van der Waals surface area contributed by atoms with Crippen LogP contribution in [0.15, 0.2) is 24.4 Å². The Balaban J connectivity index is 2.19. The molecule has 2 rings (SSSR count). The molecule has 0 aliphatic carbocycles. The summed E-state index contributed by atoms with van der Waals surface area (Å²) in [5.74, 6) is 0. The predicted octanol–water partition coefficient (Wildman–Crippen LogP) is 4.64. The summed E-state index contributed by atoms with van der Waals surface area (Å²) in [6.07, 6.45) is -2.01. The fourth-order valence-electron chi connectivity index (χ4n) is 2.05. The van der Waals surface area contributed by atoms with Crippen LogP contribution in [0.5, 0.6) is 0 Å². The minimum atomic E-state index is -4.37. The van der Waals surface area contributed by atoms with Crippen molar-refractivity contribution in [3.63, 3.8) is 0 Å². The molecule has 0 unspecified atom stereocenters. The molecule has 0 bridgehead atoms. The minimum absolute atomic E-state index is 0.549. The van der Waals surface area contributed by atoms with Crippen molar-refractivity contribution in [2.45, 2.75) is 33.0 Å². The molecule has 6 heteroatoms. The third-order valence-corrected chi connectivity index (χ3v) is 4.14. The number of thiazole rings is 1. The highest BCUT2D eigenvalue weighted by atomic mass is 32.1. The lowest BCUT2D eigenvalue weighted by atomic mass is 10.0. The van der Waals surface area contributed by atoms with Crippen LogP contribution in [-0.2, 0) is 12.7 Å². The first-order valence-electron chi connectivity index (χ1n) is 6.75. The maximum atomic E-state index is 12.6. The van der Waals surface area contributed by atoms with Gasteiger partial charge >= 0.3 is 6.18 Å². The third kappa shape index (κ3) is 4.04. The van der Waals surface area contributed by atoms with E-state index in [1.807, 2.05) is 25.1 Å². The summed E-state index contributed by atoms with van der Waals surface area (Å²) in [5, 5.41) is 2.50. The van der Waals surface area contributed by atoms with Gasteiger partial charge in [-0.3, -0.25) is 0 Å². The molecule has 0 aliphatic rings. The third-order valence-electron chi connectivity index (χ3n) is 3.06. The molecular weight excluding hydrogens is 297 g/mol. The normalized spacial score (nSPS) is 11.9. The van der Waals surface area contributed by atoms with E-state index in [2.05, 4.69) is 17.2 Å². The van der Waals surface area contributed by atoms with Crippen LogP contribution in [0.3, 0.4) is 0 Å². The number of aromatic nitrogens is 1. The zero-order valence-electron chi connectivity index (χ0n) is 11.9. The second kappa shape index (κ2) is 6.58. The summed E-state index contributed by atoms with van der Waals surface area (Å²) in [6.45, 7) is 5.73. The van der Waals surface area contributed by atoms with E-state index in [4.69, 9.17) is 0 Å². The molecule has 0 saturated heterocycles. The van der Waals surface area contributed by atoms with Crippen molar-refractivity contribution in [3.05, 3.63) is 40.5 Å². The van der Waals surface area contributed by atoms with Gasteiger partial charge in [0.15, 0.2) is 5.01 Å². The molecular formula is C15H17F3N2S. The van der Waals surface area contributed by atoms with E-state index in [0.717, 1.165) is 36.2 Å². The van der Waals surface area contributed by atoms with E-state index in [1.165, 1.54) is 6.20 Å². The molecule has 114 valence electrons. The number of halogens is 3. The van der Waals surface area contributed by atoms with Gasteiger partial charge in [0.25, 0.3) is 0 Å². The number of nitrogens with one attached hydrogen (secondary N) is 1. The van der Waals surface area contributed by atoms with Crippen molar-refractivity contribution in [3.8, 4) is 10.4 Å². The highest BCUT2D eigenvalue weighted by Gasteiger charge is 2.34. The summed E-state index contributed by atoms with van der Waals surface area (Å²) >= 11 is 0.683. The zero-order valence-corrected chi connectivity index (χ0v) is 12.7. The molecule has 21 heavy (non-hydrogen) atoms. The fraction of sp³-hybridized carbons (Fsp3) is 0.400. The molecule has 0 spiro atoms. The van der Waals surface area contributed by atoms with Gasteiger partial charge in [-0.25, -0.2) is 4.98 Å². The number of rotatable bonds is 5. The Morgan fingerprint density at radius 3 is 2.62 bits per heavy atom. The topological polar surface area (TPSA) is 24.9 Å². The van der Waals surface area contributed by atoms with E-state index >= 15 is 0 Å². The monoisotopic (exact) mass is 314 g/mol. The molecule has 0 amide bonds. The van der Waals surface area contributed by atoms with Crippen LogP contribution in [0.1, 0.15) is 29.5 Å². The number of hydrogen-bond donors (Lipinski definition) is 1. The van der Waals surface area contributed by atoms with Gasteiger partial charge in [-0.2, -0.15) is 13.2 Å². The SMILES string of the molecule is CCCNCc1ccc(-c2cnc(C(F)(F)F)s2)c(C)c1. The van der Waals surface area contributed by atoms with Gasteiger partial charge in [-0.1, -0.05) is 25.1 Å². The zero-order chi connectivity index (χ0) is 15.5. The van der Waals surface area contributed by atoms with Crippen molar-refractivity contribution in [1.29, 1.82) is 0 Å². The molecule has 2 nitrogen and oxygen atoms in total. The Labute approximate surface area is 126 Å². The summed E-state index contributed by atoms with van der Waals surface area (Å²) in [7, 11) is 0. The highest BCUT2D eigenvalue weighted by molar-refractivity contribution is 7.15. The lowest BCUT2D eigenvalue weighted by molar-refractivity contribution is -0.137. The van der Waals surface area contributed by atoms with E-state index in [9.17, 15) is 13.2 Å². The van der Waals surface area contributed by atoms with Gasteiger partial charge in [0.05, 0.1) is 4.88 Å². The van der Waals surface area contributed by atoms with Crippen LogP contribution in [0.2, 0.25) is 0 Å². The Morgan fingerprint density at radius 1 is 1.29 bits per heavy atom. The second-order valence-corrected chi connectivity index (χ2v) is 5.88. The fourth-order valence-corrected chi connectivity index (χ4v) is 2.93. The van der Waals surface area contributed by atoms with E-state index in [1.54, 1.807) is 0 Å². The Bertz CT molecular complexity index is 605. The largest absolute Gasteiger partial charge is 0.443 e. The first-order chi connectivity index (χ1) is 9.91. The average molecular weight is 314 g/mol. The molecule has 1 N–H and O–H groups in total. The minimum Gasteiger partial charge on any atom is -0.313 e. The van der Waals surface area contributed by atoms with Gasteiger partial charge < -0.3 is 5.32 Å². The van der Waals surface area contributed by atoms with E-state index in [0.29, 0.717) is 16.2 Å². The van der Waals surface area contributed by atoms with Gasteiger partial charge in [-0.05, 0) is 36.6 Å². The Morgan fingerprint density at radius 2 is 2.05 bits per heavy atom. The number of nitrogens with zero attached hydrogens (tertiary/aromatic N) is 1. The molecule has 0 aliphatic heterocycles. The summed E-state index contributed by atoms with van der Waals surface area (Å²) in [4.78, 5) is 4.02. The number of benzene rings is 1. The molecule has 1 heterocycles. The van der Waals surface area contributed by atoms with Crippen LogP contribution in [0.25, 0.3) is 10.4 Å². The highest BCUT2D eigenvalue weighted by Crippen LogP contribution is 2.37. The first kappa shape index (κ1) is 16.0. The molecule has 0 atom stereocenters.